The molecule has 1 amide bonds. The van der Waals surface area contributed by atoms with E-state index in [-0.39, 0.29) is 23.9 Å². The van der Waals surface area contributed by atoms with E-state index in [1.54, 1.807) is 19.1 Å². The standard InChI is InChI=1S/C24H28FNO2/c1-15-7-8-16(10-23(15)25)9-17-5-3-4-6-22(17)24(28)26(2)20-11-18-13-21(27)14-19(18)12-20/h3-8,10,18-21,27H,9,11-14H2,1-2H3/t18-,19+,20?,21?. The smallest absolute Gasteiger partial charge is 0.254 e. The van der Waals surface area contributed by atoms with E-state index in [1.807, 2.05) is 42.3 Å². The lowest BCUT2D eigenvalue weighted by atomic mass is 9.97. The van der Waals surface area contributed by atoms with Gasteiger partial charge in [0.1, 0.15) is 5.82 Å². The third-order valence-electron chi connectivity index (χ3n) is 6.71. The Bertz CT molecular complexity index is 867. The number of hydrogen-bond acceptors (Lipinski definition) is 2. The first-order chi connectivity index (χ1) is 13.4. The molecular formula is C24H28FNO2. The summed E-state index contributed by atoms with van der Waals surface area (Å²) in [7, 11) is 1.90. The van der Waals surface area contributed by atoms with Gasteiger partial charge in [-0.2, -0.15) is 0 Å². The molecule has 0 saturated heterocycles. The van der Waals surface area contributed by atoms with E-state index in [0.717, 1.165) is 36.8 Å². The zero-order valence-electron chi connectivity index (χ0n) is 16.6. The van der Waals surface area contributed by atoms with Gasteiger partial charge in [-0.1, -0.05) is 30.3 Å². The van der Waals surface area contributed by atoms with Crippen molar-refractivity contribution in [3.05, 3.63) is 70.5 Å². The molecule has 148 valence electrons. The predicted molar refractivity (Wildman–Crippen MR) is 108 cm³/mol. The van der Waals surface area contributed by atoms with Crippen LogP contribution < -0.4 is 0 Å². The maximum Gasteiger partial charge on any atom is 0.254 e. The van der Waals surface area contributed by atoms with Crippen LogP contribution in [0.4, 0.5) is 4.39 Å². The predicted octanol–water partition coefficient (Wildman–Crippen LogP) is 4.35. The van der Waals surface area contributed by atoms with Gasteiger partial charge in [0.05, 0.1) is 6.10 Å². The van der Waals surface area contributed by atoms with Crippen LogP contribution in [0.15, 0.2) is 42.5 Å². The topological polar surface area (TPSA) is 40.5 Å². The van der Waals surface area contributed by atoms with Gasteiger partial charge in [0, 0.05) is 18.7 Å². The van der Waals surface area contributed by atoms with E-state index in [9.17, 15) is 14.3 Å². The van der Waals surface area contributed by atoms with Crippen LogP contribution in [-0.4, -0.2) is 35.1 Å². The molecule has 2 aromatic carbocycles. The van der Waals surface area contributed by atoms with Gasteiger partial charge in [-0.05, 0) is 79.7 Å². The monoisotopic (exact) mass is 381 g/mol. The Morgan fingerprint density at radius 3 is 2.46 bits per heavy atom. The van der Waals surface area contributed by atoms with Crippen LogP contribution in [-0.2, 0) is 6.42 Å². The maximum absolute atomic E-state index is 13.9. The Labute approximate surface area is 166 Å². The number of nitrogens with zero attached hydrogens (tertiary/aromatic N) is 1. The van der Waals surface area contributed by atoms with Crippen LogP contribution in [0.2, 0.25) is 0 Å². The molecule has 4 rings (SSSR count). The number of carbonyl (C=O) groups excluding carboxylic acids is 1. The summed E-state index contributed by atoms with van der Waals surface area (Å²) < 4.78 is 13.9. The summed E-state index contributed by atoms with van der Waals surface area (Å²) in [5.74, 6) is 0.911. The van der Waals surface area contributed by atoms with E-state index in [1.165, 1.54) is 0 Å². The van der Waals surface area contributed by atoms with Crippen molar-refractivity contribution in [2.75, 3.05) is 7.05 Å². The quantitative estimate of drug-likeness (QED) is 0.856. The Morgan fingerprint density at radius 1 is 1.11 bits per heavy atom. The molecule has 28 heavy (non-hydrogen) atoms. The van der Waals surface area contributed by atoms with E-state index in [4.69, 9.17) is 0 Å². The summed E-state index contributed by atoms with van der Waals surface area (Å²) in [4.78, 5) is 15.1. The van der Waals surface area contributed by atoms with Crippen molar-refractivity contribution in [3.8, 4) is 0 Å². The Balaban J connectivity index is 1.51. The van der Waals surface area contributed by atoms with Gasteiger partial charge in [0.25, 0.3) is 5.91 Å². The van der Waals surface area contributed by atoms with Gasteiger partial charge in [0.15, 0.2) is 0 Å². The number of amides is 1. The third-order valence-corrected chi connectivity index (χ3v) is 6.71. The summed E-state index contributed by atoms with van der Waals surface area (Å²) >= 11 is 0. The van der Waals surface area contributed by atoms with E-state index in [0.29, 0.717) is 29.4 Å². The molecule has 4 heteroatoms. The highest BCUT2D eigenvalue weighted by molar-refractivity contribution is 5.95. The molecule has 0 heterocycles. The molecule has 2 unspecified atom stereocenters. The summed E-state index contributed by atoms with van der Waals surface area (Å²) in [5, 5.41) is 9.85. The summed E-state index contributed by atoms with van der Waals surface area (Å²) in [5.41, 5.74) is 3.12. The molecule has 0 aliphatic heterocycles. The summed E-state index contributed by atoms with van der Waals surface area (Å²) in [6.07, 6.45) is 4.09. The molecule has 2 fully saturated rings. The van der Waals surface area contributed by atoms with Crippen LogP contribution in [0.1, 0.15) is 52.7 Å². The highest BCUT2D eigenvalue weighted by Crippen LogP contribution is 2.45. The van der Waals surface area contributed by atoms with E-state index < -0.39 is 0 Å². The SMILES string of the molecule is Cc1ccc(Cc2ccccc2C(=O)N(C)C2C[C@H]3CC(O)C[C@H]3C2)cc1F. The van der Waals surface area contributed by atoms with Gasteiger partial charge in [0.2, 0.25) is 0 Å². The van der Waals surface area contributed by atoms with Crippen molar-refractivity contribution in [2.45, 2.75) is 51.2 Å². The number of aliphatic hydroxyl groups excluding tert-OH is 1. The maximum atomic E-state index is 13.9. The number of fused-ring (bicyclic) bond motifs is 1. The van der Waals surface area contributed by atoms with Crippen LogP contribution in [0.3, 0.4) is 0 Å². The van der Waals surface area contributed by atoms with Gasteiger partial charge in [-0.3, -0.25) is 4.79 Å². The first kappa shape index (κ1) is 19.1. The fourth-order valence-corrected chi connectivity index (χ4v) is 5.07. The molecule has 0 radical (unpaired) electrons. The van der Waals surface area contributed by atoms with Crippen molar-refractivity contribution in [1.82, 2.24) is 4.90 Å². The number of benzene rings is 2. The Hall–Kier alpha value is -2.20. The fraction of sp³-hybridized carbons (Fsp3) is 0.458. The lowest BCUT2D eigenvalue weighted by Crippen LogP contribution is -2.36. The number of rotatable bonds is 4. The summed E-state index contributed by atoms with van der Waals surface area (Å²) in [6.45, 7) is 1.75. The molecule has 4 atom stereocenters. The third kappa shape index (κ3) is 3.70. The number of aliphatic hydroxyl groups is 1. The van der Waals surface area contributed by atoms with Gasteiger partial charge in [-0.15, -0.1) is 0 Å². The Morgan fingerprint density at radius 2 is 1.79 bits per heavy atom. The first-order valence-corrected chi connectivity index (χ1v) is 10.2. The molecule has 0 bridgehead atoms. The van der Waals surface area contributed by atoms with Gasteiger partial charge >= 0.3 is 0 Å². The second kappa shape index (κ2) is 7.67. The molecule has 0 aromatic heterocycles. The first-order valence-electron chi connectivity index (χ1n) is 10.2. The largest absolute Gasteiger partial charge is 0.393 e. The molecule has 0 spiro atoms. The molecular weight excluding hydrogens is 353 g/mol. The minimum atomic E-state index is -0.210. The molecule has 2 saturated carbocycles. The molecule has 3 nitrogen and oxygen atoms in total. The van der Waals surface area contributed by atoms with Crippen LogP contribution in [0.5, 0.6) is 0 Å². The second-order valence-corrected chi connectivity index (χ2v) is 8.60. The zero-order chi connectivity index (χ0) is 19.8. The van der Waals surface area contributed by atoms with Crippen molar-refractivity contribution < 1.29 is 14.3 Å². The number of halogens is 1. The Kier molecular flexibility index (Phi) is 5.24. The zero-order valence-corrected chi connectivity index (χ0v) is 16.6. The fourth-order valence-electron chi connectivity index (χ4n) is 5.07. The molecule has 2 aliphatic carbocycles. The van der Waals surface area contributed by atoms with Crippen molar-refractivity contribution in [1.29, 1.82) is 0 Å². The number of aryl methyl sites for hydroxylation is 1. The van der Waals surface area contributed by atoms with Crippen molar-refractivity contribution in [2.24, 2.45) is 11.8 Å². The summed E-state index contributed by atoms with van der Waals surface area (Å²) in [6, 6.07) is 13.2. The van der Waals surface area contributed by atoms with Gasteiger partial charge in [-0.25, -0.2) is 4.39 Å². The highest BCUT2D eigenvalue weighted by atomic mass is 19.1. The van der Waals surface area contributed by atoms with Crippen molar-refractivity contribution in [3.63, 3.8) is 0 Å². The average molecular weight is 381 g/mol. The lowest BCUT2D eigenvalue weighted by molar-refractivity contribution is 0.0721. The second-order valence-electron chi connectivity index (χ2n) is 8.60. The highest BCUT2D eigenvalue weighted by Gasteiger charge is 2.43. The molecule has 1 N–H and O–H groups in total. The van der Waals surface area contributed by atoms with E-state index in [2.05, 4.69) is 0 Å². The average Bonchev–Trinajstić information content (AvgIpc) is 3.21. The van der Waals surface area contributed by atoms with Crippen LogP contribution >= 0.6 is 0 Å². The molecule has 2 aliphatic rings. The van der Waals surface area contributed by atoms with Crippen LogP contribution in [0.25, 0.3) is 0 Å². The minimum absolute atomic E-state index is 0.0358. The number of hydrogen-bond donors (Lipinski definition) is 1. The molecule has 2 aromatic rings. The van der Waals surface area contributed by atoms with Gasteiger partial charge < -0.3 is 10.0 Å². The van der Waals surface area contributed by atoms with E-state index >= 15 is 0 Å². The van der Waals surface area contributed by atoms with Crippen molar-refractivity contribution >= 4 is 5.91 Å². The van der Waals surface area contributed by atoms with Crippen LogP contribution in [0, 0.1) is 24.6 Å². The normalized spacial score (nSPS) is 26.3. The minimum Gasteiger partial charge on any atom is -0.393 e. The number of carbonyl (C=O) groups is 1. The lowest BCUT2D eigenvalue weighted by Gasteiger charge is -2.26.